The molecule has 3 aromatic rings. The van der Waals surface area contributed by atoms with Gasteiger partial charge < -0.3 is 5.32 Å². The van der Waals surface area contributed by atoms with E-state index in [1.807, 2.05) is 30.3 Å². The van der Waals surface area contributed by atoms with Crippen LogP contribution in [0.25, 0.3) is 11.4 Å². The fraction of sp³-hybridized carbons (Fsp3) is 0.111. The van der Waals surface area contributed by atoms with E-state index in [1.165, 1.54) is 4.68 Å². The Morgan fingerprint density at radius 3 is 2.65 bits per heavy atom. The zero-order chi connectivity index (χ0) is 18.1. The highest BCUT2D eigenvalue weighted by molar-refractivity contribution is 6.33. The SMILES string of the molecule is O=C1C[C@H](C(=O)Nc2ccccc2Cl)n2nc(-c3ccccc3)nc2N1. The molecule has 0 aliphatic carbocycles. The van der Waals surface area contributed by atoms with Gasteiger partial charge >= 0.3 is 0 Å². The molecule has 2 heterocycles. The second-order valence-corrected chi connectivity index (χ2v) is 6.21. The summed E-state index contributed by atoms with van der Waals surface area (Å²) >= 11 is 6.09. The average Bonchev–Trinajstić information content (AvgIpc) is 3.07. The number of hydrogen-bond acceptors (Lipinski definition) is 4. The molecule has 1 aromatic heterocycles. The van der Waals surface area contributed by atoms with Gasteiger partial charge in [0.2, 0.25) is 17.8 Å². The maximum Gasteiger partial charge on any atom is 0.249 e. The molecule has 2 N–H and O–H groups in total. The van der Waals surface area contributed by atoms with Crippen molar-refractivity contribution in [3.05, 3.63) is 59.6 Å². The van der Waals surface area contributed by atoms with E-state index in [-0.39, 0.29) is 24.2 Å². The summed E-state index contributed by atoms with van der Waals surface area (Å²) in [6.45, 7) is 0. The minimum Gasteiger partial charge on any atom is -0.323 e. The summed E-state index contributed by atoms with van der Waals surface area (Å²) in [6, 6.07) is 15.5. The molecule has 1 aliphatic heterocycles. The van der Waals surface area contributed by atoms with Crippen LogP contribution in [0.15, 0.2) is 54.6 Å². The Bertz CT molecular complexity index is 986. The molecule has 0 spiro atoms. The lowest BCUT2D eigenvalue weighted by molar-refractivity contribution is -0.125. The number of benzene rings is 2. The Balaban J connectivity index is 1.66. The van der Waals surface area contributed by atoms with Gasteiger partial charge in [0.1, 0.15) is 6.04 Å². The average molecular weight is 368 g/mol. The fourth-order valence-corrected chi connectivity index (χ4v) is 2.94. The molecule has 1 aliphatic rings. The highest BCUT2D eigenvalue weighted by Gasteiger charge is 2.33. The van der Waals surface area contributed by atoms with Gasteiger partial charge in [0.05, 0.1) is 17.1 Å². The van der Waals surface area contributed by atoms with Crippen molar-refractivity contribution >= 4 is 35.1 Å². The van der Waals surface area contributed by atoms with Crippen LogP contribution in [-0.2, 0) is 9.59 Å². The Morgan fingerprint density at radius 1 is 1.15 bits per heavy atom. The van der Waals surface area contributed by atoms with Crippen molar-refractivity contribution in [2.75, 3.05) is 10.6 Å². The monoisotopic (exact) mass is 367 g/mol. The van der Waals surface area contributed by atoms with E-state index in [1.54, 1.807) is 24.3 Å². The quantitative estimate of drug-likeness (QED) is 0.744. The van der Waals surface area contributed by atoms with E-state index in [9.17, 15) is 9.59 Å². The van der Waals surface area contributed by atoms with E-state index in [0.29, 0.717) is 16.5 Å². The highest BCUT2D eigenvalue weighted by Crippen LogP contribution is 2.28. The predicted octanol–water partition coefficient (Wildman–Crippen LogP) is 3.12. The third-order valence-corrected chi connectivity index (χ3v) is 4.35. The molecule has 0 saturated carbocycles. The maximum atomic E-state index is 12.7. The first kappa shape index (κ1) is 16.3. The molecule has 0 fully saturated rings. The number of nitrogens with zero attached hydrogens (tertiary/aromatic N) is 3. The van der Waals surface area contributed by atoms with Crippen molar-refractivity contribution < 1.29 is 9.59 Å². The summed E-state index contributed by atoms with van der Waals surface area (Å²) in [5.41, 5.74) is 1.28. The number of carbonyl (C=O) groups is 2. The molecule has 130 valence electrons. The number of para-hydroxylation sites is 1. The zero-order valence-electron chi connectivity index (χ0n) is 13.5. The smallest absolute Gasteiger partial charge is 0.249 e. The van der Waals surface area contributed by atoms with Gasteiger partial charge in [-0.05, 0) is 12.1 Å². The maximum absolute atomic E-state index is 12.7. The number of nitrogens with one attached hydrogen (secondary N) is 2. The van der Waals surface area contributed by atoms with Crippen LogP contribution in [0.3, 0.4) is 0 Å². The van der Waals surface area contributed by atoms with Crippen molar-refractivity contribution in [1.82, 2.24) is 14.8 Å². The molecule has 0 radical (unpaired) electrons. The van der Waals surface area contributed by atoms with Crippen LogP contribution in [-0.4, -0.2) is 26.6 Å². The van der Waals surface area contributed by atoms with Gasteiger partial charge in [-0.25, -0.2) is 4.68 Å². The first-order valence-corrected chi connectivity index (χ1v) is 8.37. The number of hydrogen-bond donors (Lipinski definition) is 2. The van der Waals surface area contributed by atoms with Gasteiger partial charge in [0.15, 0.2) is 5.82 Å². The lowest BCUT2D eigenvalue weighted by atomic mass is 10.1. The minimum absolute atomic E-state index is 0.0269. The van der Waals surface area contributed by atoms with Crippen LogP contribution in [0, 0.1) is 0 Å². The van der Waals surface area contributed by atoms with Gasteiger partial charge in [-0.1, -0.05) is 54.1 Å². The molecule has 4 rings (SSSR count). The highest BCUT2D eigenvalue weighted by atomic mass is 35.5. The molecule has 2 aromatic carbocycles. The van der Waals surface area contributed by atoms with Crippen molar-refractivity contribution in [3.63, 3.8) is 0 Å². The first-order valence-electron chi connectivity index (χ1n) is 7.99. The Kier molecular flexibility index (Phi) is 4.14. The third kappa shape index (κ3) is 3.04. The summed E-state index contributed by atoms with van der Waals surface area (Å²) < 4.78 is 1.44. The third-order valence-electron chi connectivity index (χ3n) is 4.02. The van der Waals surface area contributed by atoms with Crippen molar-refractivity contribution in [1.29, 1.82) is 0 Å². The molecule has 0 saturated heterocycles. The molecule has 0 unspecified atom stereocenters. The first-order chi connectivity index (χ1) is 12.6. The van der Waals surface area contributed by atoms with Crippen LogP contribution in [0.5, 0.6) is 0 Å². The van der Waals surface area contributed by atoms with Gasteiger partial charge in [0.25, 0.3) is 0 Å². The van der Waals surface area contributed by atoms with E-state index in [2.05, 4.69) is 20.7 Å². The number of anilines is 2. The number of aromatic nitrogens is 3. The van der Waals surface area contributed by atoms with Gasteiger partial charge in [-0.15, -0.1) is 5.10 Å². The molecule has 8 heteroatoms. The number of amides is 2. The zero-order valence-corrected chi connectivity index (χ0v) is 14.3. The Hall–Kier alpha value is -3.19. The predicted molar refractivity (Wildman–Crippen MR) is 97.8 cm³/mol. The number of fused-ring (bicyclic) bond motifs is 1. The summed E-state index contributed by atoms with van der Waals surface area (Å²) in [5.74, 6) is 0.0280. The normalized spacial score (nSPS) is 15.9. The second-order valence-electron chi connectivity index (χ2n) is 5.81. The van der Waals surface area contributed by atoms with Crippen LogP contribution in [0.1, 0.15) is 12.5 Å². The molecule has 26 heavy (non-hydrogen) atoms. The molecule has 1 atom stereocenters. The van der Waals surface area contributed by atoms with Crippen molar-refractivity contribution in [2.24, 2.45) is 0 Å². The molecule has 2 amide bonds. The van der Waals surface area contributed by atoms with Crippen LogP contribution >= 0.6 is 11.6 Å². The lowest BCUT2D eigenvalue weighted by Gasteiger charge is -2.22. The molecular formula is C18H14ClN5O2. The molecular weight excluding hydrogens is 354 g/mol. The number of halogens is 1. The summed E-state index contributed by atoms with van der Waals surface area (Å²) in [6.07, 6.45) is -0.0269. The topological polar surface area (TPSA) is 88.9 Å². The second kappa shape index (κ2) is 6.61. The van der Waals surface area contributed by atoms with Crippen molar-refractivity contribution in [3.8, 4) is 11.4 Å². The molecule has 0 bridgehead atoms. The fourth-order valence-electron chi connectivity index (χ4n) is 2.76. The van der Waals surface area contributed by atoms with E-state index < -0.39 is 6.04 Å². The summed E-state index contributed by atoms with van der Waals surface area (Å²) in [5, 5.41) is 10.2. The van der Waals surface area contributed by atoms with Crippen LogP contribution < -0.4 is 10.6 Å². The van der Waals surface area contributed by atoms with Crippen LogP contribution in [0.2, 0.25) is 5.02 Å². The largest absolute Gasteiger partial charge is 0.323 e. The summed E-state index contributed by atoms with van der Waals surface area (Å²) in [7, 11) is 0. The van der Waals surface area contributed by atoms with E-state index in [0.717, 1.165) is 5.56 Å². The van der Waals surface area contributed by atoms with E-state index in [4.69, 9.17) is 11.6 Å². The van der Waals surface area contributed by atoms with E-state index >= 15 is 0 Å². The minimum atomic E-state index is -0.806. The van der Waals surface area contributed by atoms with Crippen molar-refractivity contribution in [2.45, 2.75) is 12.5 Å². The Morgan fingerprint density at radius 2 is 1.88 bits per heavy atom. The number of rotatable bonds is 3. The lowest BCUT2D eigenvalue weighted by Crippen LogP contribution is -2.36. The van der Waals surface area contributed by atoms with Gasteiger partial charge in [-0.3, -0.25) is 14.9 Å². The Labute approximate surface area is 154 Å². The van der Waals surface area contributed by atoms with Crippen LogP contribution in [0.4, 0.5) is 11.6 Å². The van der Waals surface area contributed by atoms with Gasteiger partial charge in [0, 0.05) is 5.56 Å². The standard InChI is InChI=1S/C18H14ClN5O2/c19-12-8-4-5-9-13(12)20-17(26)14-10-15(25)21-18-22-16(23-24(14)18)11-6-2-1-3-7-11/h1-9,14H,10H2,(H,20,26)(H,21,22,23,25)/t14-/m1/s1. The summed E-state index contributed by atoms with van der Waals surface area (Å²) in [4.78, 5) is 29.1. The molecule has 7 nitrogen and oxygen atoms in total. The number of carbonyl (C=O) groups excluding carboxylic acids is 2. The van der Waals surface area contributed by atoms with Gasteiger partial charge in [-0.2, -0.15) is 4.98 Å².